The number of ether oxygens (including phenoxy) is 1. The number of carbonyl (C=O) groups is 1. The molecule has 1 N–H and O–H groups in total. The highest BCUT2D eigenvalue weighted by molar-refractivity contribution is 5.79. The molecule has 0 radical (unpaired) electrons. The summed E-state index contributed by atoms with van der Waals surface area (Å²) in [7, 11) is 0. The van der Waals surface area contributed by atoms with Crippen LogP contribution in [-0.2, 0) is 4.74 Å². The van der Waals surface area contributed by atoms with E-state index in [0.29, 0.717) is 18.5 Å². The predicted octanol–water partition coefficient (Wildman–Crippen LogP) is 4.98. The van der Waals surface area contributed by atoms with Gasteiger partial charge in [0.1, 0.15) is 12.4 Å². The number of nitrogens with zero attached hydrogens (tertiary/aromatic N) is 1. The molecule has 0 aliphatic heterocycles. The van der Waals surface area contributed by atoms with Gasteiger partial charge >= 0.3 is 6.09 Å². The first-order chi connectivity index (χ1) is 15.2. The molecular weight excluding hydrogens is 391 g/mol. The minimum atomic E-state index is -0.500. The Hall–Kier alpha value is -4.09. The highest BCUT2D eigenvalue weighted by atomic mass is 19.1. The molecular formula is C26H19FN2O2. The molecule has 3 aromatic rings. The van der Waals surface area contributed by atoms with E-state index in [9.17, 15) is 9.18 Å². The van der Waals surface area contributed by atoms with E-state index in [1.165, 1.54) is 23.3 Å². The van der Waals surface area contributed by atoms with Gasteiger partial charge in [-0.15, -0.1) is 0 Å². The summed E-state index contributed by atoms with van der Waals surface area (Å²) in [5, 5.41) is 11.6. The van der Waals surface area contributed by atoms with E-state index in [-0.39, 0.29) is 18.1 Å². The normalized spacial score (nSPS) is 11.5. The first kappa shape index (κ1) is 20.2. The van der Waals surface area contributed by atoms with E-state index in [0.717, 1.165) is 17.2 Å². The van der Waals surface area contributed by atoms with Gasteiger partial charge in [0.15, 0.2) is 0 Å². The van der Waals surface area contributed by atoms with Crippen LogP contribution in [0.2, 0.25) is 0 Å². The monoisotopic (exact) mass is 410 g/mol. The maximum absolute atomic E-state index is 13.4. The Labute approximate surface area is 180 Å². The maximum Gasteiger partial charge on any atom is 0.407 e. The number of alkyl carbamates (subject to hydrolysis) is 1. The summed E-state index contributed by atoms with van der Waals surface area (Å²) < 4.78 is 18.9. The lowest BCUT2D eigenvalue weighted by Crippen LogP contribution is -2.26. The average Bonchev–Trinajstić information content (AvgIpc) is 3.11. The van der Waals surface area contributed by atoms with Crippen LogP contribution in [0.5, 0.6) is 0 Å². The second kappa shape index (κ2) is 9.15. The Morgan fingerprint density at radius 3 is 2.32 bits per heavy atom. The molecule has 152 valence electrons. The Morgan fingerprint density at radius 2 is 1.65 bits per heavy atom. The maximum atomic E-state index is 13.4. The molecule has 1 aliphatic rings. The smallest absolute Gasteiger partial charge is 0.407 e. The molecule has 5 heteroatoms. The number of nitriles is 1. The van der Waals surface area contributed by atoms with Crippen LogP contribution in [0.4, 0.5) is 9.18 Å². The summed E-state index contributed by atoms with van der Waals surface area (Å²) in [6.07, 6.45) is -0.121. The Morgan fingerprint density at radius 1 is 1.00 bits per heavy atom. The van der Waals surface area contributed by atoms with E-state index < -0.39 is 11.9 Å². The second-order valence-corrected chi connectivity index (χ2v) is 7.14. The molecule has 0 saturated heterocycles. The fourth-order valence-corrected chi connectivity index (χ4v) is 3.77. The largest absolute Gasteiger partial charge is 0.449 e. The lowest BCUT2D eigenvalue weighted by atomic mass is 9.98. The second-order valence-electron chi connectivity index (χ2n) is 7.14. The van der Waals surface area contributed by atoms with Gasteiger partial charge in [-0.2, -0.15) is 5.26 Å². The molecule has 0 fully saturated rings. The van der Waals surface area contributed by atoms with E-state index in [1.807, 2.05) is 30.3 Å². The average molecular weight is 410 g/mol. The number of fused-ring (bicyclic) bond motifs is 3. The van der Waals surface area contributed by atoms with Crippen LogP contribution in [0.15, 0.2) is 66.7 Å². The first-order valence-corrected chi connectivity index (χ1v) is 9.94. The first-order valence-electron chi connectivity index (χ1n) is 9.94. The van der Waals surface area contributed by atoms with Crippen LogP contribution < -0.4 is 5.32 Å². The van der Waals surface area contributed by atoms with Crippen molar-refractivity contribution in [1.82, 2.24) is 5.32 Å². The molecule has 0 atom stereocenters. The van der Waals surface area contributed by atoms with Gasteiger partial charge in [-0.05, 0) is 40.5 Å². The lowest BCUT2D eigenvalue weighted by Gasteiger charge is -2.14. The summed E-state index contributed by atoms with van der Waals surface area (Å²) in [5.74, 6) is 5.18. The molecule has 0 bridgehead atoms. The van der Waals surface area contributed by atoms with Crippen LogP contribution in [-0.4, -0.2) is 19.2 Å². The number of nitrogens with one attached hydrogen (secondary N) is 1. The Bertz CT molecular complexity index is 1190. The molecule has 1 amide bonds. The van der Waals surface area contributed by atoms with Crippen molar-refractivity contribution in [3.8, 4) is 29.0 Å². The zero-order valence-electron chi connectivity index (χ0n) is 16.7. The topological polar surface area (TPSA) is 62.1 Å². The van der Waals surface area contributed by atoms with Gasteiger partial charge < -0.3 is 10.1 Å². The van der Waals surface area contributed by atoms with E-state index >= 15 is 0 Å². The number of benzene rings is 3. The zero-order valence-corrected chi connectivity index (χ0v) is 16.7. The quantitative estimate of drug-likeness (QED) is 0.488. The summed E-state index contributed by atoms with van der Waals surface area (Å²) in [5.41, 5.74) is 5.33. The number of amides is 1. The van der Waals surface area contributed by atoms with Crippen molar-refractivity contribution in [2.75, 3.05) is 13.2 Å². The molecule has 3 aromatic carbocycles. The molecule has 0 unspecified atom stereocenters. The number of rotatable bonds is 4. The number of hydrogen-bond acceptors (Lipinski definition) is 3. The Balaban J connectivity index is 1.29. The molecule has 4 nitrogen and oxygen atoms in total. The molecule has 0 aromatic heterocycles. The summed E-state index contributed by atoms with van der Waals surface area (Å²) in [6.45, 7) is 0.565. The van der Waals surface area contributed by atoms with Gasteiger partial charge in [-0.3, -0.25) is 0 Å². The fraction of sp³-hybridized carbons (Fsp3) is 0.154. The number of halogens is 1. The third kappa shape index (κ3) is 4.57. The zero-order chi connectivity index (χ0) is 21.6. The number of carbonyl (C=O) groups excluding carboxylic acids is 1. The van der Waals surface area contributed by atoms with Crippen LogP contribution in [0.1, 0.15) is 34.6 Å². The summed E-state index contributed by atoms with van der Waals surface area (Å²) >= 11 is 0. The fourth-order valence-electron chi connectivity index (χ4n) is 3.77. The van der Waals surface area contributed by atoms with Crippen LogP contribution >= 0.6 is 0 Å². The van der Waals surface area contributed by atoms with E-state index in [2.05, 4.69) is 41.4 Å². The standard InChI is InChI=1S/C26H19FN2O2/c27-20-14-18(13-19(15-20)16-28)7-5-6-12-29-26(30)31-17-25-23-10-3-1-8-21(23)22-9-2-4-11-24(22)25/h1-4,8-11,13-15,25H,6,12,17H2,(H,29,30). The van der Waals surface area contributed by atoms with Gasteiger partial charge in [0.2, 0.25) is 0 Å². The highest BCUT2D eigenvalue weighted by Gasteiger charge is 2.28. The van der Waals surface area contributed by atoms with Gasteiger partial charge in [0, 0.05) is 24.4 Å². The third-order valence-electron chi connectivity index (χ3n) is 5.12. The predicted molar refractivity (Wildman–Crippen MR) is 116 cm³/mol. The van der Waals surface area contributed by atoms with Crippen molar-refractivity contribution in [2.45, 2.75) is 12.3 Å². The van der Waals surface area contributed by atoms with E-state index in [1.54, 1.807) is 0 Å². The molecule has 0 saturated carbocycles. The third-order valence-corrected chi connectivity index (χ3v) is 5.12. The Kier molecular flexibility index (Phi) is 5.96. The van der Waals surface area contributed by atoms with Gasteiger partial charge in [0.05, 0.1) is 11.6 Å². The van der Waals surface area contributed by atoms with Crippen molar-refractivity contribution in [3.05, 3.63) is 94.8 Å². The van der Waals surface area contributed by atoms with Crippen molar-refractivity contribution < 1.29 is 13.9 Å². The highest BCUT2D eigenvalue weighted by Crippen LogP contribution is 2.44. The molecule has 1 aliphatic carbocycles. The van der Waals surface area contributed by atoms with Crippen molar-refractivity contribution in [1.29, 1.82) is 5.26 Å². The molecule has 0 spiro atoms. The van der Waals surface area contributed by atoms with Gasteiger partial charge in [0.25, 0.3) is 0 Å². The SMILES string of the molecule is N#Cc1cc(F)cc(C#CCCNC(=O)OCC2c3ccccc3-c3ccccc32)c1. The van der Waals surface area contributed by atoms with Crippen LogP contribution in [0, 0.1) is 29.0 Å². The van der Waals surface area contributed by atoms with Gasteiger partial charge in [-0.25, -0.2) is 9.18 Å². The molecule has 4 rings (SSSR count). The molecule has 31 heavy (non-hydrogen) atoms. The lowest BCUT2D eigenvalue weighted by molar-refractivity contribution is 0.143. The summed E-state index contributed by atoms with van der Waals surface area (Å²) in [6, 6.07) is 22.2. The van der Waals surface area contributed by atoms with E-state index in [4.69, 9.17) is 10.00 Å². The minimum Gasteiger partial charge on any atom is -0.449 e. The number of hydrogen-bond donors (Lipinski definition) is 1. The van der Waals surface area contributed by atoms with Crippen molar-refractivity contribution in [2.24, 2.45) is 0 Å². The van der Waals surface area contributed by atoms with Crippen molar-refractivity contribution >= 4 is 6.09 Å². The van der Waals surface area contributed by atoms with Crippen molar-refractivity contribution in [3.63, 3.8) is 0 Å². The minimum absolute atomic E-state index is 0.0141. The van der Waals surface area contributed by atoms with Gasteiger partial charge in [-0.1, -0.05) is 60.4 Å². The molecule has 0 heterocycles. The van der Waals surface area contributed by atoms with Crippen LogP contribution in [0.25, 0.3) is 11.1 Å². The summed E-state index contributed by atoms with van der Waals surface area (Å²) in [4.78, 5) is 12.1. The van der Waals surface area contributed by atoms with Crippen LogP contribution in [0.3, 0.4) is 0 Å².